The van der Waals surface area contributed by atoms with E-state index in [0.29, 0.717) is 16.8 Å². The molecular weight excluding hydrogens is 389 g/mol. The molecule has 0 aliphatic heterocycles. The average molecular weight is 401 g/mol. The number of halogens is 1. The molecule has 2 aromatic rings. The number of carbonyl (C=O) groups excluding carboxylic acids is 1. The van der Waals surface area contributed by atoms with E-state index in [1.54, 1.807) is 30.3 Å². The van der Waals surface area contributed by atoms with Gasteiger partial charge in [-0.25, -0.2) is 8.42 Å². The first-order chi connectivity index (χ1) is 9.35. The number of hydrogen-bond acceptors (Lipinski definition) is 3. The molecule has 0 aliphatic rings. The van der Waals surface area contributed by atoms with Gasteiger partial charge in [0, 0.05) is 20.4 Å². The lowest BCUT2D eigenvalue weighted by atomic mass is 10.0. The van der Waals surface area contributed by atoms with E-state index in [-0.39, 0.29) is 5.78 Å². The molecule has 2 rings (SSSR count). The van der Waals surface area contributed by atoms with Gasteiger partial charge in [-0.3, -0.25) is 9.52 Å². The lowest BCUT2D eigenvalue weighted by Gasteiger charge is -2.05. The normalized spacial score (nSPS) is 11.1. The molecule has 4 nitrogen and oxygen atoms in total. The minimum Gasteiger partial charge on any atom is -0.289 e. The summed E-state index contributed by atoms with van der Waals surface area (Å²) in [6, 6.07) is 13.7. The molecule has 1 N–H and O–H groups in total. The number of nitrogens with one attached hydrogen (secondary N) is 1. The molecule has 0 bridgehead atoms. The van der Waals surface area contributed by atoms with Crippen molar-refractivity contribution in [2.45, 2.75) is 0 Å². The highest BCUT2D eigenvalue weighted by atomic mass is 127. The summed E-state index contributed by atoms with van der Waals surface area (Å²) in [7, 11) is -3.30. The monoisotopic (exact) mass is 401 g/mol. The molecule has 104 valence electrons. The van der Waals surface area contributed by atoms with Crippen LogP contribution in [0.3, 0.4) is 0 Å². The first-order valence-corrected chi connectivity index (χ1v) is 8.70. The third kappa shape index (κ3) is 4.04. The molecule has 20 heavy (non-hydrogen) atoms. The van der Waals surface area contributed by atoms with Crippen LogP contribution in [0.25, 0.3) is 0 Å². The lowest BCUT2D eigenvalue weighted by molar-refractivity contribution is 0.103. The van der Waals surface area contributed by atoms with Gasteiger partial charge in [-0.2, -0.15) is 0 Å². The van der Waals surface area contributed by atoms with E-state index in [1.807, 2.05) is 18.2 Å². The first-order valence-electron chi connectivity index (χ1n) is 5.73. The van der Waals surface area contributed by atoms with E-state index in [9.17, 15) is 13.2 Å². The van der Waals surface area contributed by atoms with E-state index in [0.717, 1.165) is 9.83 Å². The average Bonchev–Trinajstić information content (AvgIpc) is 2.37. The van der Waals surface area contributed by atoms with Crippen molar-refractivity contribution in [2.75, 3.05) is 11.0 Å². The zero-order valence-electron chi connectivity index (χ0n) is 10.6. The minimum atomic E-state index is -3.30. The summed E-state index contributed by atoms with van der Waals surface area (Å²) in [5, 5.41) is 0. The van der Waals surface area contributed by atoms with Gasteiger partial charge in [0.05, 0.1) is 6.26 Å². The van der Waals surface area contributed by atoms with E-state index in [2.05, 4.69) is 27.3 Å². The fourth-order valence-corrected chi connectivity index (χ4v) is 2.81. The summed E-state index contributed by atoms with van der Waals surface area (Å²) in [6.45, 7) is 0. The van der Waals surface area contributed by atoms with Crippen molar-refractivity contribution in [2.24, 2.45) is 0 Å². The van der Waals surface area contributed by atoms with Crippen molar-refractivity contribution in [1.29, 1.82) is 0 Å². The molecule has 2 aromatic carbocycles. The summed E-state index contributed by atoms with van der Waals surface area (Å²) >= 11 is 2.15. The maximum Gasteiger partial charge on any atom is 0.229 e. The van der Waals surface area contributed by atoms with Crippen LogP contribution < -0.4 is 4.72 Å². The fourth-order valence-electron chi connectivity index (χ4n) is 1.70. The summed E-state index contributed by atoms with van der Waals surface area (Å²) in [6.07, 6.45) is 1.08. The van der Waals surface area contributed by atoms with E-state index < -0.39 is 10.0 Å². The molecule has 0 radical (unpaired) electrons. The van der Waals surface area contributed by atoms with Crippen LogP contribution in [0.4, 0.5) is 5.69 Å². The van der Waals surface area contributed by atoms with Crippen LogP contribution in [0, 0.1) is 3.57 Å². The minimum absolute atomic E-state index is 0.0885. The Bertz CT molecular complexity index is 739. The van der Waals surface area contributed by atoms with Crippen molar-refractivity contribution >= 4 is 44.1 Å². The largest absolute Gasteiger partial charge is 0.289 e. The van der Waals surface area contributed by atoms with Crippen molar-refractivity contribution in [3.05, 3.63) is 63.2 Å². The van der Waals surface area contributed by atoms with Gasteiger partial charge in [-0.1, -0.05) is 12.1 Å². The molecule has 0 aliphatic carbocycles. The van der Waals surface area contributed by atoms with Gasteiger partial charge < -0.3 is 0 Å². The summed E-state index contributed by atoms with van der Waals surface area (Å²) in [5.74, 6) is -0.0885. The summed E-state index contributed by atoms with van der Waals surface area (Å²) < 4.78 is 25.5. The highest BCUT2D eigenvalue weighted by Gasteiger charge is 2.09. The molecule has 0 fully saturated rings. The topological polar surface area (TPSA) is 63.2 Å². The maximum absolute atomic E-state index is 12.3. The van der Waals surface area contributed by atoms with Crippen molar-refractivity contribution < 1.29 is 13.2 Å². The second kappa shape index (κ2) is 5.92. The van der Waals surface area contributed by atoms with Crippen LogP contribution in [0.2, 0.25) is 0 Å². The molecule has 0 aromatic heterocycles. The number of anilines is 1. The van der Waals surface area contributed by atoms with Crippen molar-refractivity contribution in [1.82, 2.24) is 0 Å². The number of carbonyl (C=O) groups is 1. The standard InChI is InChI=1S/C14H12INO3S/c1-20(18,19)16-13-7-5-10(6-8-13)14(17)11-3-2-4-12(15)9-11/h2-9,16H,1H3. The van der Waals surface area contributed by atoms with Gasteiger partial charge in [0.15, 0.2) is 5.78 Å². The zero-order chi connectivity index (χ0) is 14.8. The Hall–Kier alpha value is -1.41. The maximum atomic E-state index is 12.3. The molecule has 0 spiro atoms. The predicted octanol–water partition coefficient (Wildman–Crippen LogP) is 2.89. The zero-order valence-corrected chi connectivity index (χ0v) is 13.6. The van der Waals surface area contributed by atoms with Crippen LogP contribution in [0.1, 0.15) is 15.9 Å². The molecule has 0 saturated heterocycles. The molecule has 0 heterocycles. The quantitative estimate of drug-likeness (QED) is 0.633. The van der Waals surface area contributed by atoms with E-state index in [4.69, 9.17) is 0 Å². The van der Waals surface area contributed by atoms with Crippen LogP contribution in [-0.2, 0) is 10.0 Å². The summed E-state index contributed by atoms with van der Waals surface area (Å²) in [4.78, 5) is 12.3. The molecule has 0 amide bonds. The number of hydrogen-bond donors (Lipinski definition) is 1. The Kier molecular flexibility index (Phi) is 4.44. The molecular formula is C14H12INO3S. The van der Waals surface area contributed by atoms with Gasteiger partial charge in [-0.15, -0.1) is 0 Å². The second-order valence-corrected chi connectivity index (χ2v) is 7.29. The third-order valence-corrected chi connectivity index (χ3v) is 3.81. The Morgan fingerprint density at radius 1 is 1.05 bits per heavy atom. The first kappa shape index (κ1) is 15.0. The predicted molar refractivity (Wildman–Crippen MR) is 87.5 cm³/mol. The number of sulfonamides is 1. The Labute approximate surface area is 131 Å². The summed E-state index contributed by atoms with van der Waals surface area (Å²) in [5.41, 5.74) is 1.57. The van der Waals surface area contributed by atoms with Crippen molar-refractivity contribution in [3.63, 3.8) is 0 Å². The van der Waals surface area contributed by atoms with Gasteiger partial charge in [0.1, 0.15) is 0 Å². The highest BCUT2D eigenvalue weighted by Crippen LogP contribution is 2.16. The van der Waals surface area contributed by atoms with E-state index >= 15 is 0 Å². The van der Waals surface area contributed by atoms with Gasteiger partial charge in [0.25, 0.3) is 0 Å². The fraction of sp³-hybridized carbons (Fsp3) is 0.0714. The Morgan fingerprint density at radius 2 is 1.70 bits per heavy atom. The van der Waals surface area contributed by atoms with Crippen LogP contribution in [0.15, 0.2) is 48.5 Å². The molecule has 6 heteroatoms. The number of rotatable bonds is 4. The molecule has 0 saturated carbocycles. The van der Waals surface area contributed by atoms with Gasteiger partial charge in [-0.05, 0) is 59.0 Å². The Balaban J connectivity index is 2.24. The van der Waals surface area contributed by atoms with Crippen molar-refractivity contribution in [3.8, 4) is 0 Å². The highest BCUT2D eigenvalue weighted by molar-refractivity contribution is 14.1. The van der Waals surface area contributed by atoms with E-state index in [1.165, 1.54) is 0 Å². The smallest absolute Gasteiger partial charge is 0.229 e. The molecule has 0 atom stereocenters. The van der Waals surface area contributed by atoms with Crippen LogP contribution >= 0.6 is 22.6 Å². The molecule has 0 unspecified atom stereocenters. The van der Waals surface area contributed by atoms with Gasteiger partial charge >= 0.3 is 0 Å². The Morgan fingerprint density at radius 3 is 2.25 bits per heavy atom. The number of ketones is 1. The number of benzene rings is 2. The van der Waals surface area contributed by atoms with Crippen LogP contribution in [-0.4, -0.2) is 20.5 Å². The second-order valence-electron chi connectivity index (χ2n) is 4.29. The van der Waals surface area contributed by atoms with Gasteiger partial charge in [0.2, 0.25) is 10.0 Å². The lowest BCUT2D eigenvalue weighted by Crippen LogP contribution is -2.09. The van der Waals surface area contributed by atoms with Crippen LogP contribution in [0.5, 0.6) is 0 Å². The third-order valence-electron chi connectivity index (χ3n) is 2.54. The SMILES string of the molecule is CS(=O)(=O)Nc1ccc(C(=O)c2cccc(I)c2)cc1.